The van der Waals surface area contributed by atoms with E-state index in [2.05, 4.69) is 0 Å². The van der Waals surface area contributed by atoms with Gasteiger partial charge in [0.25, 0.3) is 5.91 Å². The Kier molecular flexibility index (Phi) is 5.03. The average Bonchev–Trinajstić information content (AvgIpc) is 2.34. The Bertz CT molecular complexity index is 488. The van der Waals surface area contributed by atoms with Crippen molar-refractivity contribution in [2.75, 3.05) is 6.54 Å². The van der Waals surface area contributed by atoms with E-state index in [1.807, 2.05) is 6.92 Å². The minimum absolute atomic E-state index is 0.0906. The molecule has 0 saturated carbocycles. The number of halogens is 1. The molecule has 0 fully saturated rings. The fraction of sp³-hybridized carbons (Fsp3) is 0.429. The van der Waals surface area contributed by atoms with Gasteiger partial charge in [0.1, 0.15) is 12.4 Å². The minimum Gasteiger partial charge on any atom is -0.480 e. The van der Waals surface area contributed by atoms with Crippen molar-refractivity contribution in [2.45, 2.75) is 33.2 Å². The van der Waals surface area contributed by atoms with Crippen LogP contribution in [-0.4, -0.2) is 34.5 Å². The monoisotopic (exact) mass is 267 g/mol. The molecule has 0 aliphatic carbocycles. The molecule has 1 amide bonds. The van der Waals surface area contributed by atoms with Crippen LogP contribution in [0.3, 0.4) is 0 Å². The van der Waals surface area contributed by atoms with Crippen molar-refractivity contribution in [3.05, 3.63) is 35.1 Å². The molecule has 1 aromatic carbocycles. The van der Waals surface area contributed by atoms with Crippen LogP contribution >= 0.6 is 0 Å². The van der Waals surface area contributed by atoms with E-state index >= 15 is 0 Å². The summed E-state index contributed by atoms with van der Waals surface area (Å²) in [5.74, 6) is -2.32. The lowest BCUT2D eigenvalue weighted by molar-refractivity contribution is -0.138. The second kappa shape index (κ2) is 6.31. The number of nitrogens with zero attached hydrogens (tertiary/aromatic N) is 1. The number of carboxylic acids is 1. The average molecular weight is 267 g/mol. The van der Waals surface area contributed by atoms with E-state index in [-0.39, 0.29) is 11.6 Å². The number of benzene rings is 1. The van der Waals surface area contributed by atoms with Crippen LogP contribution in [0.5, 0.6) is 0 Å². The number of hydrogen-bond acceptors (Lipinski definition) is 2. The molecule has 1 atom stereocenters. The molecule has 0 unspecified atom stereocenters. The van der Waals surface area contributed by atoms with E-state index in [0.29, 0.717) is 12.0 Å². The second-order valence-electron chi connectivity index (χ2n) is 4.57. The van der Waals surface area contributed by atoms with E-state index < -0.39 is 24.2 Å². The van der Waals surface area contributed by atoms with Crippen molar-refractivity contribution < 1.29 is 19.1 Å². The summed E-state index contributed by atoms with van der Waals surface area (Å²) in [6.07, 6.45) is 0.604. The van der Waals surface area contributed by atoms with Gasteiger partial charge in [-0.1, -0.05) is 13.0 Å². The summed E-state index contributed by atoms with van der Waals surface area (Å²) in [6, 6.07) is 4.03. The third-order valence-corrected chi connectivity index (χ3v) is 3.04. The van der Waals surface area contributed by atoms with Gasteiger partial charge in [0.05, 0.1) is 5.56 Å². The van der Waals surface area contributed by atoms with Gasteiger partial charge in [-0.25, -0.2) is 4.39 Å². The zero-order chi connectivity index (χ0) is 14.6. The largest absolute Gasteiger partial charge is 0.480 e. The van der Waals surface area contributed by atoms with Crippen LogP contribution < -0.4 is 0 Å². The second-order valence-corrected chi connectivity index (χ2v) is 4.57. The molecular formula is C14H18FNO3. The molecule has 19 heavy (non-hydrogen) atoms. The van der Waals surface area contributed by atoms with Gasteiger partial charge in [-0.2, -0.15) is 0 Å². The summed E-state index contributed by atoms with van der Waals surface area (Å²) in [5, 5.41) is 8.85. The number of aliphatic carboxylic acids is 1. The van der Waals surface area contributed by atoms with Gasteiger partial charge in [-0.05, 0) is 38.0 Å². The lowest BCUT2D eigenvalue weighted by Gasteiger charge is -2.27. The van der Waals surface area contributed by atoms with E-state index in [1.165, 1.54) is 17.0 Å². The predicted molar refractivity (Wildman–Crippen MR) is 69.6 cm³/mol. The third-order valence-electron chi connectivity index (χ3n) is 3.04. The fourth-order valence-corrected chi connectivity index (χ4v) is 1.74. The smallest absolute Gasteiger partial charge is 0.323 e. The Morgan fingerprint density at radius 2 is 2.05 bits per heavy atom. The zero-order valence-corrected chi connectivity index (χ0v) is 11.3. The number of rotatable bonds is 5. The zero-order valence-electron chi connectivity index (χ0n) is 11.3. The highest BCUT2D eigenvalue weighted by atomic mass is 19.1. The summed E-state index contributed by atoms with van der Waals surface area (Å²) < 4.78 is 13.8. The highest BCUT2D eigenvalue weighted by molar-refractivity contribution is 5.96. The molecule has 0 spiro atoms. The highest BCUT2D eigenvalue weighted by Gasteiger charge is 2.24. The first-order valence-corrected chi connectivity index (χ1v) is 6.15. The van der Waals surface area contributed by atoms with Crippen molar-refractivity contribution in [2.24, 2.45) is 0 Å². The molecule has 5 heteroatoms. The van der Waals surface area contributed by atoms with Gasteiger partial charge in [0, 0.05) is 6.04 Å². The van der Waals surface area contributed by atoms with Crippen LogP contribution in [-0.2, 0) is 4.79 Å². The standard InChI is InChI=1S/C14H18FNO3/c1-4-10(3)16(8-13(17)18)14(19)11-6-5-9(2)7-12(11)15/h5-7,10H,4,8H2,1-3H3,(H,17,18)/t10-/m1/s1. The molecule has 0 aromatic heterocycles. The van der Waals surface area contributed by atoms with Crippen LogP contribution in [0, 0.1) is 12.7 Å². The molecular weight excluding hydrogens is 249 g/mol. The molecule has 104 valence electrons. The molecule has 1 N–H and O–H groups in total. The lowest BCUT2D eigenvalue weighted by atomic mass is 10.1. The van der Waals surface area contributed by atoms with Crippen LogP contribution in [0.2, 0.25) is 0 Å². The Morgan fingerprint density at radius 1 is 1.42 bits per heavy atom. The highest BCUT2D eigenvalue weighted by Crippen LogP contribution is 2.15. The summed E-state index contributed by atoms with van der Waals surface area (Å²) in [6.45, 7) is 4.88. The molecule has 0 heterocycles. The van der Waals surface area contributed by atoms with E-state index in [4.69, 9.17) is 5.11 Å². The number of amides is 1. The van der Waals surface area contributed by atoms with Gasteiger partial charge in [0.15, 0.2) is 0 Å². The van der Waals surface area contributed by atoms with Crippen LogP contribution in [0.25, 0.3) is 0 Å². The summed E-state index contributed by atoms with van der Waals surface area (Å²) in [7, 11) is 0. The number of aryl methyl sites for hydroxylation is 1. The Hall–Kier alpha value is -1.91. The van der Waals surface area contributed by atoms with Gasteiger partial charge in [0.2, 0.25) is 0 Å². The number of carbonyl (C=O) groups is 2. The molecule has 4 nitrogen and oxygen atoms in total. The summed E-state index contributed by atoms with van der Waals surface area (Å²) in [4.78, 5) is 24.2. The molecule has 0 saturated heterocycles. The Balaban J connectivity index is 3.08. The van der Waals surface area contributed by atoms with Crippen LogP contribution in [0.15, 0.2) is 18.2 Å². The fourth-order valence-electron chi connectivity index (χ4n) is 1.74. The number of carboxylic acid groups (broad SMARTS) is 1. The molecule has 0 aliphatic heterocycles. The van der Waals surface area contributed by atoms with Crippen LogP contribution in [0.4, 0.5) is 4.39 Å². The quantitative estimate of drug-likeness (QED) is 0.891. The normalized spacial score (nSPS) is 12.0. The van der Waals surface area contributed by atoms with Gasteiger partial charge < -0.3 is 10.0 Å². The van der Waals surface area contributed by atoms with Crippen molar-refractivity contribution in [3.8, 4) is 0 Å². The molecule has 0 bridgehead atoms. The van der Waals surface area contributed by atoms with E-state index in [0.717, 1.165) is 0 Å². The number of carbonyl (C=O) groups excluding carboxylic acids is 1. The topological polar surface area (TPSA) is 57.6 Å². The maximum Gasteiger partial charge on any atom is 0.323 e. The van der Waals surface area contributed by atoms with Crippen molar-refractivity contribution in [1.29, 1.82) is 0 Å². The molecule has 0 radical (unpaired) electrons. The maximum atomic E-state index is 13.8. The van der Waals surface area contributed by atoms with Gasteiger partial charge in [-0.3, -0.25) is 9.59 Å². The van der Waals surface area contributed by atoms with Gasteiger partial charge >= 0.3 is 5.97 Å². The van der Waals surface area contributed by atoms with E-state index in [9.17, 15) is 14.0 Å². The first kappa shape index (κ1) is 15.1. The van der Waals surface area contributed by atoms with Gasteiger partial charge in [-0.15, -0.1) is 0 Å². The maximum absolute atomic E-state index is 13.8. The summed E-state index contributed by atoms with van der Waals surface area (Å²) in [5.41, 5.74) is 0.620. The molecule has 1 rings (SSSR count). The summed E-state index contributed by atoms with van der Waals surface area (Å²) >= 11 is 0. The minimum atomic E-state index is -1.11. The molecule has 0 aliphatic rings. The van der Waals surface area contributed by atoms with Crippen molar-refractivity contribution >= 4 is 11.9 Å². The van der Waals surface area contributed by atoms with Crippen LogP contribution in [0.1, 0.15) is 36.2 Å². The number of hydrogen-bond donors (Lipinski definition) is 1. The first-order valence-electron chi connectivity index (χ1n) is 6.15. The van der Waals surface area contributed by atoms with Crippen molar-refractivity contribution in [1.82, 2.24) is 4.90 Å². The SMILES string of the molecule is CC[C@@H](C)N(CC(=O)O)C(=O)c1ccc(C)cc1F. The first-order chi connectivity index (χ1) is 8.86. The predicted octanol–water partition coefficient (Wildman–Crippen LogP) is 2.46. The third kappa shape index (κ3) is 3.77. The Morgan fingerprint density at radius 3 is 2.53 bits per heavy atom. The van der Waals surface area contributed by atoms with E-state index in [1.54, 1.807) is 19.9 Å². The molecule has 1 aromatic rings. The Labute approximate surface area is 111 Å². The lowest BCUT2D eigenvalue weighted by Crippen LogP contribution is -2.42. The van der Waals surface area contributed by atoms with Crippen molar-refractivity contribution in [3.63, 3.8) is 0 Å².